The van der Waals surface area contributed by atoms with Crippen molar-refractivity contribution in [2.45, 2.75) is 25.2 Å². The minimum Gasteiger partial charge on any atom is -0.481 e. The Morgan fingerprint density at radius 3 is 2.95 bits per heavy atom. The van der Waals surface area contributed by atoms with Gasteiger partial charge in [0.1, 0.15) is 5.82 Å². The van der Waals surface area contributed by atoms with Gasteiger partial charge in [-0.2, -0.15) is 5.10 Å². The summed E-state index contributed by atoms with van der Waals surface area (Å²) < 4.78 is 0. The molecule has 0 aromatic carbocycles. The number of carboxylic acids is 1. The van der Waals surface area contributed by atoms with Crippen molar-refractivity contribution in [2.75, 3.05) is 32.0 Å². The van der Waals surface area contributed by atoms with Crippen molar-refractivity contribution in [3.05, 3.63) is 17.8 Å². The normalized spacial score (nSPS) is 19.5. The van der Waals surface area contributed by atoms with Gasteiger partial charge < -0.3 is 15.3 Å². The Labute approximate surface area is 112 Å². The van der Waals surface area contributed by atoms with Crippen molar-refractivity contribution < 1.29 is 9.90 Å². The van der Waals surface area contributed by atoms with Gasteiger partial charge in [0.25, 0.3) is 0 Å². The molecule has 2 N–H and O–H groups in total. The molecular formula is C13H20N4O2. The van der Waals surface area contributed by atoms with Crippen molar-refractivity contribution >= 4 is 11.8 Å². The van der Waals surface area contributed by atoms with Crippen LogP contribution in [0.5, 0.6) is 0 Å². The summed E-state index contributed by atoms with van der Waals surface area (Å²) in [4.78, 5) is 12.7. The first-order valence-corrected chi connectivity index (χ1v) is 6.63. The fourth-order valence-electron chi connectivity index (χ4n) is 2.29. The molecule has 2 heterocycles. The van der Waals surface area contributed by atoms with E-state index in [0.717, 1.165) is 25.2 Å². The largest absolute Gasteiger partial charge is 0.481 e. The number of hydrogen-bond acceptors (Lipinski definition) is 5. The predicted octanol–water partition coefficient (Wildman–Crippen LogP) is 1.17. The van der Waals surface area contributed by atoms with Crippen LogP contribution in [0.2, 0.25) is 0 Å². The van der Waals surface area contributed by atoms with Crippen molar-refractivity contribution in [3.63, 3.8) is 0 Å². The zero-order valence-corrected chi connectivity index (χ0v) is 11.2. The molecule has 1 saturated heterocycles. The molecule has 1 aliphatic rings. The number of nitrogens with zero attached hydrogens (tertiary/aromatic N) is 3. The van der Waals surface area contributed by atoms with E-state index in [9.17, 15) is 4.79 Å². The third-order valence-electron chi connectivity index (χ3n) is 3.37. The van der Waals surface area contributed by atoms with Crippen LogP contribution >= 0.6 is 0 Å². The van der Waals surface area contributed by atoms with E-state index in [1.165, 1.54) is 0 Å². The fraction of sp³-hybridized carbons (Fsp3) is 0.615. The molecule has 0 radical (unpaired) electrons. The van der Waals surface area contributed by atoms with Crippen LogP contribution in [0.3, 0.4) is 0 Å². The number of rotatable bonds is 6. The van der Waals surface area contributed by atoms with Crippen LogP contribution in [0.1, 0.15) is 30.9 Å². The molecule has 1 aromatic heterocycles. The highest BCUT2D eigenvalue weighted by Crippen LogP contribution is 2.24. The second-order valence-electron chi connectivity index (χ2n) is 5.02. The van der Waals surface area contributed by atoms with Gasteiger partial charge in [0.15, 0.2) is 0 Å². The Balaban J connectivity index is 1.79. The summed E-state index contributed by atoms with van der Waals surface area (Å²) in [6.45, 7) is 2.76. The highest BCUT2D eigenvalue weighted by Gasteiger charge is 2.22. The number of hydrogen-bond donors (Lipinski definition) is 2. The quantitative estimate of drug-likeness (QED) is 0.751. The first kappa shape index (κ1) is 13.7. The van der Waals surface area contributed by atoms with Gasteiger partial charge >= 0.3 is 5.97 Å². The molecule has 1 fully saturated rings. The molecule has 0 saturated carbocycles. The number of anilines is 1. The van der Waals surface area contributed by atoms with Gasteiger partial charge in [0, 0.05) is 25.4 Å². The molecule has 6 nitrogen and oxygen atoms in total. The number of aromatic nitrogens is 2. The summed E-state index contributed by atoms with van der Waals surface area (Å²) in [5.74, 6) is 0.424. The van der Waals surface area contributed by atoms with Gasteiger partial charge in [0.2, 0.25) is 0 Å². The van der Waals surface area contributed by atoms with Crippen LogP contribution in [0.4, 0.5) is 5.82 Å². The average molecular weight is 264 g/mol. The van der Waals surface area contributed by atoms with E-state index < -0.39 is 5.97 Å². The van der Waals surface area contributed by atoms with Crippen molar-refractivity contribution in [1.29, 1.82) is 0 Å². The number of likely N-dealkylation sites (N-methyl/N-ethyl adjacent to an activating group) is 1. The fourth-order valence-corrected chi connectivity index (χ4v) is 2.29. The summed E-state index contributed by atoms with van der Waals surface area (Å²) in [6, 6.07) is 3.93. The number of nitrogens with one attached hydrogen (secondary N) is 1. The van der Waals surface area contributed by atoms with Crippen LogP contribution in [0.25, 0.3) is 0 Å². The van der Waals surface area contributed by atoms with Gasteiger partial charge in [0.05, 0.1) is 5.69 Å². The van der Waals surface area contributed by atoms with Crippen LogP contribution in [0.15, 0.2) is 12.1 Å². The Kier molecular flexibility index (Phi) is 4.68. The standard InChI is InChI=1S/C13H20N4O2/c1-17-8-6-10(9-17)11-4-5-12(16-15-11)14-7-2-3-13(18)19/h4-5,10H,2-3,6-9H2,1H3,(H,14,16)(H,18,19). The van der Waals surface area contributed by atoms with Crippen molar-refractivity contribution in [1.82, 2.24) is 15.1 Å². The monoisotopic (exact) mass is 264 g/mol. The molecule has 0 aliphatic carbocycles. The maximum Gasteiger partial charge on any atom is 0.303 e. The van der Waals surface area contributed by atoms with Crippen LogP contribution in [-0.2, 0) is 4.79 Å². The molecule has 1 atom stereocenters. The highest BCUT2D eigenvalue weighted by molar-refractivity contribution is 5.66. The van der Waals surface area contributed by atoms with Crippen LogP contribution in [-0.4, -0.2) is 52.9 Å². The summed E-state index contributed by atoms with van der Waals surface area (Å²) in [7, 11) is 2.12. The number of likely N-dealkylation sites (tertiary alicyclic amines) is 1. The summed E-state index contributed by atoms with van der Waals surface area (Å²) in [5.41, 5.74) is 1.04. The lowest BCUT2D eigenvalue weighted by molar-refractivity contribution is -0.137. The Hall–Kier alpha value is -1.69. The van der Waals surface area contributed by atoms with Gasteiger partial charge in [-0.3, -0.25) is 4.79 Å². The third-order valence-corrected chi connectivity index (χ3v) is 3.37. The van der Waals surface area contributed by atoms with E-state index in [0.29, 0.717) is 24.7 Å². The van der Waals surface area contributed by atoms with Crippen LogP contribution in [0, 0.1) is 0 Å². The number of aliphatic carboxylic acids is 1. The van der Waals surface area contributed by atoms with E-state index in [2.05, 4.69) is 27.5 Å². The van der Waals surface area contributed by atoms with E-state index in [-0.39, 0.29) is 6.42 Å². The molecule has 1 aliphatic heterocycles. The SMILES string of the molecule is CN1CCC(c2ccc(NCCCC(=O)O)nn2)C1. The van der Waals surface area contributed by atoms with E-state index in [1.807, 2.05) is 12.1 Å². The van der Waals surface area contributed by atoms with E-state index in [1.54, 1.807) is 0 Å². The van der Waals surface area contributed by atoms with Gasteiger partial charge in [-0.1, -0.05) is 0 Å². The molecular weight excluding hydrogens is 244 g/mol. The van der Waals surface area contributed by atoms with E-state index in [4.69, 9.17) is 5.11 Å². The molecule has 0 bridgehead atoms. The highest BCUT2D eigenvalue weighted by atomic mass is 16.4. The Bertz CT molecular complexity index is 421. The summed E-state index contributed by atoms with van der Waals surface area (Å²) in [6.07, 6.45) is 1.90. The first-order chi connectivity index (χ1) is 9.15. The lowest BCUT2D eigenvalue weighted by atomic mass is 10.1. The number of carbonyl (C=O) groups is 1. The molecule has 0 amide bonds. The molecule has 104 valence electrons. The molecule has 1 unspecified atom stereocenters. The molecule has 19 heavy (non-hydrogen) atoms. The average Bonchev–Trinajstić information content (AvgIpc) is 2.82. The van der Waals surface area contributed by atoms with Crippen molar-refractivity contribution in [3.8, 4) is 0 Å². The predicted molar refractivity (Wildman–Crippen MR) is 72.2 cm³/mol. The minimum atomic E-state index is -0.770. The van der Waals surface area contributed by atoms with E-state index >= 15 is 0 Å². The Morgan fingerprint density at radius 1 is 1.53 bits per heavy atom. The minimum absolute atomic E-state index is 0.174. The van der Waals surface area contributed by atoms with Crippen molar-refractivity contribution in [2.24, 2.45) is 0 Å². The number of carboxylic acid groups (broad SMARTS) is 1. The Morgan fingerprint density at radius 2 is 2.37 bits per heavy atom. The molecule has 2 rings (SSSR count). The third kappa shape index (κ3) is 4.17. The second-order valence-corrected chi connectivity index (χ2v) is 5.02. The molecule has 1 aromatic rings. The smallest absolute Gasteiger partial charge is 0.303 e. The summed E-state index contributed by atoms with van der Waals surface area (Å²) in [5, 5.41) is 20.0. The lowest BCUT2D eigenvalue weighted by Crippen LogP contribution is -2.14. The molecule has 0 spiro atoms. The molecule has 6 heteroatoms. The maximum absolute atomic E-state index is 10.4. The van der Waals surface area contributed by atoms with Gasteiger partial charge in [-0.25, -0.2) is 0 Å². The lowest BCUT2D eigenvalue weighted by Gasteiger charge is -2.10. The zero-order valence-electron chi connectivity index (χ0n) is 11.2. The maximum atomic E-state index is 10.4. The zero-order chi connectivity index (χ0) is 13.7. The van der Waals surface area contributed by atoms with Gasteiger partial charge in [-0.15, -0.1) is 5.10 Å². The summed E-state index contributed by atoms with van der Waals surface area (Å²) >= 11 is 0. The topological polar surface area (TPSA) is 78.4 Å². The van der Waals surface area contributed by atoms with Crippen LogP contribution < -0.4 is 5.32 Å². The first-order valence-electron chi connectivity index (χ1n) is 6.63. The van der Waals surface area contributed by atoms with Gasteiger partial charge in [-0.05, 0) is 38.6 Å². The second kappa shape index (κ2) is 6.47.